The van der Waals surface area contributed by atoms with Gasteiger partial charge in [0.05, 0.1) is 6.10 Å². The van der Waals surface area contributed by atoms with Gasteiger partial charge in [0.1, 0.15) is 11.9 Å². The van der Waals surface area contributed by atoms with E-state index in [1.807, 2.05) is 30.3 Å². The molecule has 0 aliphatic heterocycles. The van der Waals surface area contributed by atoms with Crippen molar-refractivity contribution in [1.82, 2.24) is 0 Å². The summed E-state index contributed by atoms with van der Waals surface area (Å²) in [7, 11) is 0. The Morgan fingerprint density at radius 3 is 2.25 bits per heavy atom. The number of benzene rings is 3. The van der Waals surface area contributed by atoms with Crippen LogP contribution in [0.2, 0.25) is 0 Å². The summed E-state index contributed by atoms with van der Waals surface area (Å²) >= 11 is 0. The Bertz CT molecular complexity index is 930. The van der Waals surface area contributed by atoms with E-state index in [4.69, 9.17) is 4.74 Å². The molecule has 1 aliphatic rings. The summed E-state index contributed by atoms with van der Waals surface area (Å²) < 4.78 is 20.3. The summed E-state index contributed by atoms with van der Waals surface area (Å²) in [6.07, 6.45) is 0.820. The highest BCUT2D eigenvalue weighted by Gasteiger charge is 2.37. The molecule has 4 rings (SSSR count). The second-order valence-electron chi connectivity index (χ2n) is 8.19. The SMILES string of the molecule is Cc1ccc2c(c1)CC(OC(c1ccccc1)c1ccc(F)cc1)C2C(C)C. The molecule has 1 nitrogen and oxygen atoms in total. The molecule has 0 saturated carbocycles. The van der Waals surface area contributed by atoms with E-state index < -0.39 is 0 Å². The second-order valence-corrected chi connectivity index (χ2v) is 8.19. The van der Waals surface area contributed by atoms with Crippen molar-refractivity contribution >= 4 is 0 Å². The average Bonchev–Trinajstić information content (AvgIpc) is 3.05. The predicted molar refractivity (Wildman–Crippen MR) is 112 cm³/mol. The zero-order valence-electron chi connectivity index (χ0n) is 16.7. The zero-order chi connectivity index (χ0) is 19.7. The highest BCUT2D eigenvalue weighted by atomic mass is 19.1. The Morgan fingerprint density at radius 1 is 0.893 bits per heavy atom. The lowest BCUT2D eigenvalue weighted by Crippen LogP contribution is -2.25. The summed E-state index contributed by atoms with van der Waals surface area (Å²) in [4.78, 5) is 0. The number of hydrogen-bond donors (Lipinski definition) is 0. The van der Waals surface area contributed by atoms with Gasteiger partial charge in [-0.05, 0) is 53.6 Å². The molecule has 144 valence electrons. The van der Waals surface area contributed by atoms with Crippen molar-refractivity contribution in [2.24, 2.45) is 5.92 Å². The van der Waals surface area contributed by atoms with Gasteiger partial charge in [0.25, 0.3) is 0 Å². The van der Waals surface area contributed by atoms with Crippen molar-refractivity contribution in [2.45, 2.75) is 45.3 Å². The Morgan fingerprint density at radius 2 is 1.57 bits per heavy atom. The highest BCUT2D eigenvalue weighted by molar-refractivity contribution is 5.40. The maximum Gasteiger partial charge on any atom is 0.123 e. The van der Waals surface area contributed by atoms with Crippen molar-refractivity contribution in [3.8, 4) is 0 Å². The van der Waals surface area contributed by atoms with E-state index in [2.05, 4.69) is 51.1 Å². The van der Waals surface area contributed by atoms with Crippen molar-refractivity contribution in [3.05, 3.63) is 106 Å². The summed E-state index contributed by atoms with van der Waals surface area (Å²) in [5, 5.41) is 0. The minimum atomic E-state index is -0.223. The van der Waals surface area contributed by atoms with Gasteiger partial charge < -0.3 is 4.74 Å². The van der Waals surface area contributed by atoms with Gasteiger partial charge in [-0.3, -0.25) is 0 Å². The van der Waals surface area contributed by atoms with Crippen LogP contribution >= 0.6 is 0 Å². The normalized spacial score (nSPS) is 19.6. The maximum absolute atomic E-state index is 13.5. The largest absolute Gasteiger partial charge is 0.365 e. The van der Waals surface area contributed by atoms with Gasteiger partial charge in [-0.1, -0.05) is 80.1 Å². The summed E-state index contributed by atoms with van der Waals surface area (Å²) in [6, 6.07) is 23.7. The van der Waals surface area contributed by atoms with Crippen LogP contribution in [0.25, 0.3) is 0 Å². The van der Waals surface area contributed by atoms with Gasteiger partial charge in [0.15, 0.2) is 0 Å². The number of rotatable bonds is 5. The van der Waals surface area contributed by atoms with Crippen LogP contribution in [0.1, 0.15) is 53.7 Å². The molecule has 0 heterocycles. The molecule has 0 saturated heterocycles. The Labute approximate surface area is 167 Å². The monoisotopic (exact) mass is 374 g/mol. The first kappa shape index (κ1) is 18.9. The fraction of sp³-hybridized carbons (Fsp3) is 0.308. The Balaban J connectivity index is 1.69. The van der Waals surface area contributed by atoms with Crippen LogP contribution < -0.4 is 0 Å². The van der Waals surface area contributed by atoms with Crippen molar-refractivity contribution in [3.63, 3.8) is 0 Å². The standard InChI is InChI=1S/C26H27FO/c1-17(2)25-23-14-9-18(3)15-21(23)16-24(25)28-26(19-7-5-4-6-8-19)20-10-12-22(27)13-11-20/h4-15,17,24-26H,16H2,1-3H3. The molecular formula is C26H27FO. The van der Waals surface area contributed by atoms with Crippen LogP contribution in [0.3, 0.4) is 0 Å². The first-order valence-electron chi connectivity index (χ1n) is 10.1. The molecular weight excluding hydrogens is 347 g/mol. The van der Waals surface area contributed by atoms with E-state index in [0.29, 0.717) is 11.8 Å². The summed E-state index contributed by atoms with van der Waals surface area (Å²) in [5.74, 6) is 0.625. The Hall–Kier alpha value is -2.45. The molecule has 1 aliphatic carbocycles. The molecule has 0 radical (unpaired) electrons. The van der Waals surface area contributed by atoms with Gasteiger partial charge in [-0.2, -0.15) is 0 Å². The third-order valence-corrected chi connectivity index (χ3v) is 5.78. The van der Waals surface area contributed by atoms with E-state index in [0.717, 1.165) is 17.5 Å². The van der Waals surface area contributed by atoms with Gasteiger partial charge in [-0.25, -0.2) is 4.39 Å². The third-order valence-electron chi connectivity index (χ3n) is 5.78. The number of aryl methyl sites for hydroxylation is 1. The topological polar surface area (TPSA) is 9.23 Å². The molecule has 3 aromatic carbocycles. The lowest BCUT2D eigenvalue weighted by atomic mass is 9.88. The lowest BCUT2D eigenvalue weighted by Gasteiger charge is -2.29. The van der Waals surface area contributed by atoms with Crippen LogP contribution in [0.4, 0.5) is 4.39 Å². The number of ether oxygens (including phenoxy) is 1. The first-order chi connectivity index (χ1) is 13.5. The fourth-order valence-electron chi connectivity index (χ4n) is 4.49. The number of hydrogen-bond acceptors (Lipinski definition) is 1. The van der Waals surface area contributed by atoms with Gasteiger partial charge in [0, 0.05) is 5.92 Å². The van der Waals surface area contributed by atoms with Crippen molar-refractivity contribution < 1.29 is 9.13 Å². The number of fused-ring (bicyclic) bond motifs is 1. The van der Waals surface area contributed by atoms with E-state index >= 15 is 0 Å². The summed E-state index contributed by atoms with van der Waals surface area (Å²) in [5.41, 5.74) is 6.19. The molecule has 3 unspecified atom stereocenters. The zero-order valence-corrected chi connectivity index (χ0v) is 16.7. The quantitative estimate of drug-likeness (QED) is 0.488. The lowest BCUT2D eigenvalue weighted by molar-refractivity contribution is -0.00880. The first-order valence-corrected chi connectivity index (χ1v) is 10.1. The van der Waals surface area contributed by atoms with Crippen LogP contribution in [0.5, 0.6) is 0 Å². The highest BCUT2D eigenvalue weighted by Crippen LogP contribution is 2.43. The molecule has 3 atom stereocenters. The van der Waals surface area contributed by atoms with E-state index in [9.17, 15) is 4.39 Å². The number of halogens is 1. The second kappa shape index (κ2) is 7.89. The van der Waals surface area contributed by atoms with Crippen LogP contribution in [-0.4, -0.2) is 6.10 Å². The van der Waals surface area contributed by atoms with Crippen LogP contribution in [0, 0.1) is 18.7 Å². The summed E-state index contributed by atoms with van der Waals surface area (Å²) in [6.45, 7) is 6.68. The minimum Gasteiger partial charge on any atom is -0.365 e. The molecule has 3 aromatic rings. The maximum atomic E-state index is 13.5. The minimum absolute atomic E-state index is 0.104. The molecule has 0 spiro atoms. The molecule has 0 bridgehead atoms. The van der Waals surface area contributed by atoms with E-state index in [-0.39, 0.29) is 18.0 Å². The smallest absolute Gasteiger partial charge is 0.123 e. The molecule has 2 heteroatoms. The van der Waals surface area contributed by atoms with Crippen LogP contribution in [0.15, 0.2) is 72.8 Å². The fourth-order valence-corrected chi connectivity index (χ4v) is 4.49. The van der Waals surface area contributed by atoms with Crippen molar-refractivity contribution in [1.29, 1.82) is 0 Å². The van der Waals surface area contributed by atoms with Gasteiger partial charge in [-0.15, -0.1) is 0 Å². The van der Waals surface area contributed by atoms with Crippen molar-refractivity contribution in [2.75, 3.05) is 0 Å². The molecule has 28 heavy (non-hydrogen) atoms. The van der Waals surface area contributed by atoms with Gasteiger partial charge >= 0.3 is 0 Å². The predicted octanol–water partition coefficient (Wildman–Crippen LogP) is 6.60. The van der Waals surface area contributed by atoms with Crippen LogP contribution in [-0.2, 0) is 11.2 Å². The van der Waals surface area contributed by atoms with E-state index in [1.54, 1.807) is 0 Å². The third kappa shape index (κ3) is 3.74. The Kier molecular flexibility index (Phi) is 5.32. The van der Waals surface area contributed by atoms with E-state index in [1.165, 1.54) is 28.8 Å². The molecule has 0 amide bonds. The average molecular weight is 374 g/mol. The molecule has 0 fully saturated rings. The van der Waals surface area contributed by atoms with Gasteiger partial charge in [0.2, 0.25) is 0 Å². The molecule has 0 aromatic heterocycles. The molecule has 0 N–H and O–H groups in total.